The average molecular weight is 303 g/mol. The molecule has 5 nitrogen and oxygen atoms in total. The summed E-state index contributed by atoms with van der Waals surface area (Å²) >= 11 is 0. The van der Waals surface area contributed by atoms with Crippen molar-refractivity contribution < 1.29 is 4.52 Å². The Labute approximate surface area is 131 Å². The van der Waals surface area contributed by atoms with Crippen LogP contribution in [0.1, 0.15) is 11.1 Å². The number of aromatic nitrogens is 1. The van der Waals surface area contributed by atoms with Crippen molar-refractivity contribution >= 4 is 29.2 Å². The maximum absolute atomic E-state index is 12.1. The number of anilines is 1. The molecule has 0 saturated heterocycles. The molecule has 0 saturated carbocycles. The van der Waals surface area contributed by atoms with E-state index in [9.17, 15) is 4.79 Å². The van der Waals surface area contributed by atoms with Crippen molar-refractivity contribution in [3.8, 4) is 11.3 Å². The highest BCUT2D eigenvalue weighted by atomic mass is 16.5. The standard InChI is InChI=1S/C18H13N3O2/c19-13-7-5-11(6-8-13)17-15(18(22)23-21-17)9-12-10-20-16-4-2-1-3-14(12)16/h1-10,21H,19H2. The highest BCUT2D eigenvalue weighted by Crippen LogP contribution is 2.33. The number of allylic oxidation sites excluding steroid dienone is 1. The Bertz CT molecular complexity index is 992. The molecule has 0 bridgehead atoms. The molecule has 1 aromatic heterocycles. The number of nitrogens with zero attached hydrogens (tertiary/aromatic N) is 1. The van der Waals surface area contributed by atoms with E-state index in [1.54, 1.807) is 24.4 Å². The van der Waals surface area contributed by atoms with Crippen molar-refractivity contribution in [2.24, 2.45) is 4.99 Å². The molecular weight excluding hydrogens is 290 g/mol. The fraction of sp³-hybridized carbons (Fsp3) is 0. The molecule has 0 radical (unpaired) electrons. The summed E-state index contributed by atoms with van der Waals surface area (Å²) < 4.78 is 4.98. The van der Waals surface area contributed by atoms with Crippen molar-refractivity contribution in [3.05, 3.63) is 70.1 Å². The molecule has 0 fully saturated rings. The number of nitrogen functional groups attached to an aromatic ring is 1. The summed E-state index contributed by atoms with van der Waals surface area (Å²) in [6, 6.07) is 15.0. The third-order valence-electron chi connectivity index (χ3n) is 3.79. The maximum Gasteiger partial charge on any atom is 0.365 e. The predicted octanol–water partition coefficient (Wildman–Crippen LogP) is 3.47. The number of rotatable bonds is 2. The topological polar surface area (TPSA) is 84.4 Å². The first-order valence-electron chi connectivity index (χ1n) is 7.15. The van der Waals surface area contributed by atoms with Crippen LogP contribution in [0.4, 0.5) is 11.4 Å². The van der Waals surface area contributed by atoms with Crippen LogP contribution in [-0.4, -0.2) is 11.4 Å². The van der Waals surface area contributed by atoms with Crippen LogP contribution < -0.4 is 11.4 Å². The van der Waals surface area contributed by atoms with Crippen LogP contribution in [-0.2, 0) is 0 Å². The zero-order valence-corrected chi connectivity index (χ0v) is 12.1. The lowest BCUT2D eigenvalue weighted by Gasteiger charge is -2.01. The van der Waals surface area contributed by atoms with Gasteiger partial charge in [0.2, 0.25) is 0 Å². The van der Waals surface area contributed by atoms with Crippen molar-refractivity contribution in [3.63, 3.8) is 0 Å². The van der Waals surface area contributed by atoms with Gasteiger partial charge in [0.05, 0.1) is 16.9 Å². The zero-order chi connectivity index (χ0) is 15.8. The number of hydrogen-bond acceptors (Lipinski definition) is 4. The SMILES string of the molecule is Nc1ccc(-c2[nH]oc(=O)c2C=C2C=Nc3ccccc32)cc1. The third kappa shape index (κ3) is 2.28. The van der Waals surface area contributed by atoms with Gasteiger partial charge in [0.1, 0.15) is 0 Å². The number of aliphatic imine (C=N–C) groups is 1. The Morgan fingerprint density at radius 2 is 1.87 bits per heavy atom. The molecule has 5 heteroatoms. The number of aromatic amines is 1. The van der Waals surface area contributed by atoms with Gasteiger partial charge in [-0.2, -0.15) is 0 Å². The number of nitrogens with one attached hydrogen (secondary N) is 1. The normalized spacial score (nSPS) is 14.3. The Kier molecular flexibility index (Phi) is 2.98. The van der Waals surface area contributed by atoms with Crippen LogP contribution in [0.15, 0.2) is 62.8 Å². The smallest absolute Gasteiger partial charge is 0.365 e. The Morgan fingerprint density at radius 1 is 1.09 bits per heavy atom. The molecule has 0 amide bonds. The molecule has 0 aliphatic carbocycles. The lowest BCUT2D eigenvalue weighted by atomic mass is 10.0. The molecule has 23 heavy (non-hydrogen) atoms. The number of fused-ring (bicyclic) bond motifs is 1. The van der Waals surface area contributed by atoms with Crippen LogP contribution in [0.5, 0.6) is 0 Å². The van der Waals surface area contributed by atoms with Crippen LogP contribution in [0, 0.1) is 0 Å². The Morgan fingerprint density at radius 3 is 2.70 bits per heavy atom. The average Bonchev–Trinajstić information content (AvgIpc) is 3.14. The molecule has 2 heterocycles. The molecule has 2 aromatic carbocycles. The van der Waals surface area contributed by atoms with Crippen LogP contribution >= 0.6 is 0 Å². The summed E-state index contributed by atoms with van der Waals surface area (Å²) in [5, 5.41) is 2.69. The largest absolute Gasteiger partial charge is 0.399 e. The quantitative estimate of drug-likeness (QED) is 0.711. The predicted molar refractivity (Wildman–Crippen MR) is 91.6 cm³/mol. The van der Waals surface area contributed by atoms with Gasteiger partial charge in [0, 0.05) is 28.6 Å². The minimum atomic E-state index is -0.415. The van der Waals surface area contributed by atoms with Gasteiger partial charge in [-0.3, -0.25) is 4.99 Å². The first kappa shape index (κ1) is 13.3. The number of para-hydroxylation sites is 1. The monoisotopic (exact) mass is 303 g/mol. The first-order chi connectivity index (χ1) is 11.2. The Balaban J connectivity index is 1.84. The summed E-state index contributed by atoms with van der Waals surface area (Å²) in [6.07, 6.45) is 3.55. The first-order valence-corrected chi connectivity index (χ1v) is 7.15. The van der Waals surface area contributed by atoms with Gasteiger partial charge in [0.25, 0.3) is 0 Å². The second-order valence-electron chi connectivity index (χ2n) is 5.28. The van der Waals surface area contributed by atoms with Gasteiger partial charge in [-0.15, -0.1) is 0 Å². The van der Waals surface area contributed by atoms with E-state index in [0.29, 0.717) is 16.9 Å². The van der Waals surface area contributed by atoms with Crippen LogP contribution in [0.25, 0.3) is 22.9 Å². The molecule has 3 N–H and O–H groups in total. The summed E-state index contributed by atoms with van der Waals surface area (Å²) in [6.45, 7) is 0. The summed E-state index contributed by atoms with van der Waals surface area (Å²) in [5.74, 6) is 0. The van der Waals surface area contributed by atoms with E-state index in [1.807, 2.05) is 36.4 Å². The highest BCUT2D eigenvalue weighted by molar-refractivity contribution is 6.21. The second-order valence-corrected chi connectivity index (χ2v) is 5.28. The number of benzene rings is 2. The van der Waals surface area contributed by atoms with Crippen molar-refractivity contribution in [2.75, 3.05) is 5.73 Å². The van der Waals surface area contributed by atoms with Gasteiger partial charge in [-0.05, 0) is 24.3 Å². The van der Waals surface area contributed by atoms with E-state index in [1.165, 1.54) is 0 Å². The lowest BCUT2D eigenvalue weighted by molar-refractivity contribution is 0.393. The molecule has 4 rings (SSSR count). The number of nitrogens with two attached hydrogens (primary N) is 1. The van der Waals surface area contributed by atoms with E-state index in [-0.39, 0.29) is 0 Å². The van der Waals surface area contributed by atoms with E-state index < -0.39 is 5.63 Å². The summed E-state index contributed by atoms with van der Waals surface area (Å²) in [5.41, 5.74) is 10.7. The molecule has 112 valence electrons. The van der Waals surface area contributed by atoms with E-state index in [0.717, 1.165) is 22.4 Å². The van der Waals surface area contributed by atoms with E-state index in [2.05, 4.69) is 10.1 Å². The summed E-state index contributed by atoms with van der Waals surface area (Å²) in [7, 11) is 0. The molecule has 1 aliphatic rings. The fourth-order valence-corrected chi connectivity index (χ4v) is 2.61. The van der Waals surface area contributed by atoms with E-state index >= 15 is 0 Å². The zero-order valence-electron chi connectivity index (χ0n) is 12.1. The van der Waals surface area contributed by atoms with Crippen molar-refractivity contribution in [1.29, 1.82) is 0 Å². The molecule has 1 aliphatic heterocycles. The van der Waals surface area contributed by atoms with Crippen molar-refractivity contribution in [1.82, 2.24) is 5.16 Å². The van der Waals surface area contributed by atoms with Gasteiger partial charge in [-0.1, -0.05) is 30.3 Å². The molecule has 0 unspecified atom stereocenters. The highest BCUT2D eigenvalue weighted by Gasteiger charge is 2.16. The number of hydrogen-bond donors (Lipinski definition) is 2. The van der Waals surface area contributed by atoms with Gasteiger partial charge in [0.15, 0.2) is 0 Å². The molecule has 0 spiro atoms. The van der Waals surface area contributed by atoms with E-state index in [4.69, 9.17) is 10.3 Å². The minimum Gasteiger partial charge on any atom is -0.399 e. The number of H-pyrrole nitrogens is 1. The third-order valence-corrected chi connectivity index (χ3v) is 3.79. The summed E-state index contributed by atoms with van der Waals surface area (Å²) in [4.78, 5) is 16.4. The lowest BCUT2D eigenvalue weighted by Crippen LogP contribution is -1.98. The second kappa shape index (κ2) is 5.14. The van der Waals surface area contributed by atoms with Crippen molar-refractivity contribution in [2.45, 2.75) is 0 Å². The van der Waals surface area contributed by atoms with Crippen LogP contribution in [0.2, 0.25) is 0 Å². The minimum absolute atomic E-state index is 0.415. The molecular formula is C18H13N3O2. The fourth-order valence-electron chi connectivity index (χ4n) is 2.61. The Hall–Kier alpha value is -3.34. The molecule has 0 atom stereocenters. The maximum atomic E-state index is 12.1. The van der Waals surface area contributed by atoms with Gasteiger partial charge in [-0.25, -0.2) is 9.95 Å². The molecule has 3 aromatic rings. The van der Waals surface area contributed by atoms with Gasteiger partial charge < -0.3 is 10.3 Å². The van der Waals surface area contributed by atoms with Crippen LogP contribution in [0.3, 0.4) is 0 Å². The van der Waals surface area contributed by atoms with Gasteiger partial charge >= 0.3 is 5.63 Å².